The molecule has 31 heavy (non-hydrogen) atoms. The number of fused-ring (bicyclic) bond motifs is 1. The van der Waals surface area contributed by atoms with Crippen molar-refractivity contribution in [3.8, 4) is 0 Å². The number of hydrogen-bond acceptors (Lipinski definition) is 3. The van der Waals surface area contributed by atoms with Crippen LogP contribution in [0.4, 0.5) is 23.4 Å². The van der Waals surface area contributed by atoms with Gasteiger partial charge in [0.2, 0.25) is 0 Å². The molecule has 5 nitrogen and oxygen atoms in total. The van der Waals surface area contributed by atoms with Crippen LogP contribution in [0.2, 0.25) is 0 Å². The number of hydrogen-bond donors (Lipinski definition) is 2. The van der Waals surface area contributed by atoms with E-state index in [0.29, 0.717) is 11.1 Å². The molecule has 10 heteroatoms. The normalized spacial score (nSPS) is 18.2. The molecular weight excluding hydrogens is 480 g/mol. The lowest BCUT2D eigenvalue weighted by Gasteiger charge is -2.33. The van der Waals surface area contributed by atoms with E-state index in [-0.39, 0.29) is 29.0 Å². The van der Waals surface area contributed by atoms with Crippen molar-refractivity contribution < 1.29 is 22.4 Å². The third kappa shape index (κ3) is 4.43. The molecule has 1 aliphatic heterocycles. The fraction of sp³-hybridized carbons (Fsp3) is 0.238. The van der Waals surface area contributed by atoms with Crippen LogP contribution in [0.1, 0.15) is 40.1 Å². The first kappa shape index (κ1) is 21.4. The van der Waals surface area contributed by atoms with Crippen LogP contribution in [0, 0.1) is 5.82 Å². The Hall–Kier alpha value is -2.88. The molecule has 2 aromatic carbocycles. The molecule has 2 heterocycles. The number of nitrogens with zero attached hydrogens (tertiary/aromatic N) is 2. The molecule has 3 aromatic rings. The van der Waals surface area contributed by atoms with E-state index in [9.17, 15) is 22.4 Å². The standard InChI is InChI=1S/C21H17BrF4N4O/c22-17-18(20(31)27-11-12-6-8-14(23)9-7-12)29-30-16(21(24,25)26)10-15(28-19(17)30)13-4-2-1-3-5-13/h1-9,15-16,28H,10-11H2,(H,27,31)/t15-,16+/m0/s1. The summed E-state index contributed by atoms with van der Waals surface area (Å²) in [6.07, 6.45) is -4.80. The maximum atomic E-state index is 13.8. The van der Waals surface area contributed by atoms with Crippen LogP contribution >= 0.6 is 15.9 Å². The summed E-state index contributed by atoms with van der Waals surface area (Å²) < 4.78 is 55.4. The van der Waals surface area contributed by atoms with Crippen LogP contribution < -0.4 is 10.6 Å². The number of benzene rings is 2. The minimum Gasteiger partial charge on any atom is -0.362 e. The van der Waals surface area contributed by atoms with Crippen LogP contribution in [-0.2, 0) is 6.54 Å². The van der Waals surface area contributed by atoms with Gasteiger partial charge >= 0.3 is 6.18 Å². The molecule has 0 spiro atoms. The second kappa shape index (κ2) is 8.33. The lowest BCUT2D eigenvalue weighted by molar-refractivity contribution is -0.173. The van der Waals surface area contributed by atoms with Crippen LogP contribution in [0.3, 0.4) is 0 Å². The second-order valence-electron chi connectivity index (χ2n) is 7.17. The monoisotopic (exact) mass is 496 g/mol. The zero-order valence-electron chi connectivity index (χ0n) is 16.0. The SMILES string of the molecule is O=C(NCc1ccc(F)cc1)c1nn2c(c1Br)N[C@H](c1ccccc1)C[C@@H]2C(F)(F)F. The Kier molecular flexibility index (Phi) is 5.74. The van der Waals surface area contributed by atoms with Gasteiger partial charge in [0, 0.05) is 13.0 Å². The molecule has 2 N–H and O–H groups in total. The molecule has 0 unspecified atom stereocenters. The smallest absolute Gasteiger partial charge is 0.362 e. The topological polar surface area (TPSA) is 59.0 Å². The molecule has 0 radical (unpaired) electrons. The molecule has 1 amide bonds. The molecule has 0 aliphatic carbocycles. The van der Waals surface area contributed by atoms with Crippen LogP contribution in [0.25, 0.3) is 0 Å². The van der Waals surface area contributed by atoms with E-state index in [4.69, 9.17) is 0 Å². The lowest BCUT2D eigenvalue weighted by atomic mass is 9.97. The van der Waals surface area contributed by atoms with Crippen molar-refractivity contribution in [2.45, 2.75) is 31.2 Å². The summed E-state index contributed by atoms with van der Waals surface area (Å²) in [7, 11) is 0. The molecule has 0 saturated carbocycles. The molecule has 4 rings (SSSR count). The predicted molar refractivity (Wildman–Crippen MR) is 110 cm³/mol. The zero-order chi connectivity index (χ0) is 22.2. The molecule has 1 aliphatic rings. The van der Waals surface area contributed by atoms with Gasteiger partial charge in [-0.05, 0) is 39.2 Å². The Labute approximate surface area is 183 Å². The van der Waals surface area contributed by atoms with Gasteiger partial charge in [0.1, 0.15) is 11.6 Å². The number of nitrogens with one attached hydrogen (secondary N) is 2. The van der Waals surface area contributed by atoms with Gasteiger partial charge in [-0.2, -0.15) is 18.3 Å². The number of alkyl halides is 3. The average Bonchev–Trinajstić information content (AvgIpc) is 3.09. The highest BCUT2D eigenvalue weighted by atomic mass is 79.9. The minimum absolute atomic E-state index is 0.0799. The van der Waals surface area contributed by atoms with Gasteiger partial charge < -0.3 is 10.6 Å². The number of halogens is 5. The van der Waals surface area contributed by atoms with E-state index in [2.05, 4.69) is 31.7 Å². The van der Waals surface area contributed by atoms with E-state index < -0.39 is 30.0 Å². The van der Waals surface area contributed by atoms with Gasteiger partial charge in [0.25, 0.3) is 5.91 Å². The fourth-order valence-corrected chi connectivity index (χ4v) is 4.06. The highest BCUT2D eigenvalue weighted by molar-refractivity contribution is 9.10. The quantitative estimate of drug-likeness (QED) is 0.477. The van der Waals surface area contributed by atoms with Crippen molar-refractivity contribution in [1.29, 1.82) is 0 Å². The third-order valence-electron chi connectivity index (χ3n) is 5.08. The first-order chi connectivity index (χ1) is 14.7. The molecule has 162 valence electrons. The summed E-state index contributed by atoms with van der Waals surface area (Å²) >= 11 is 3.24. The highest BCUT2D eigenvalue weighted by Gasteiger charge is 2.47. The number of carbonyl (C=O) groups is 1. The second-order valence-corrected chi connectivity index (χ2v) is 7.96. The number of rotatable bonds is 4. The summed E-state index contributed by atoms with van der Waals surface area (Å²) in [5.41, 5.74) is 1.19. The third-order valence-corrected chi connectivity index (χ3v) is 5.83. The van der Waals surface area contributed by atoms with Crippen LogP contribution in [-0.4, -0.2) is 21.9 Å². The molecule has 0 fully saturated rings. The molecule has 2 atom stereocenters. The average molecular weight is 497 g/mol. The van der Waals surface area contributed by atoms with Crippen molar-refractivity contribution in [2.24, 2.45) is 0 Å². The Morgan fingerprint density at radius 2 is 1.84 bits per heavy atom. The van der Waals surface area contributed by atoms with Gasteiger partial charge in [-0.3, -0.25) is 4.79 Å². The summed E-state index contributed by atoms with van der Waals surface area (Å²) in [5, 5.41) is 9.64. The number of anilines is 1. The number of amides is 1. The van der Waals surface area contributed by atoms with Gasteiger partial charge in [0.05, 0.1) is 10.5 Å². The van der Waals surface area contributed by atoms with Crippen molar-refractivity contribution in [1.82, 2.24) is 15.1 Å². The van der Waals surface area contributed by atoms with E-state index in [1.807, 2.05) is 0 Å². The largest absolute Gasteiger partial charge is 0.410 e. The van der Waals surface area contributed by atoms with Crippen molar-refractivity contribution in [3.63, 3.8) is 0 Å². The maximum absolute atomic E-state index is 13.8. The van der Waals surface area contributed by atoms with E-state index in [1.165, 1.54) is 24.3 Å². The Morgan fingerprint density at radius 1 is 1.16 bits per heavy atom. The summed E-state index contributed by atoms with van der Waals surface area (Å²) in [6, 6.07) is 11.9. The van der Waals surface area contributed by atoms with E-state index in [0.717, 1.165) is 4.68 Å². The van der Waals surface area contributed by atoms with Crippen molar-refractivity contribution in [2.75, 3.05) is 5.32 Å². The van der Waals surface area contributed by atoms with Crippen LogP contribution in [0.15, 0.2) is 59.1 Å². The molecule has 1 aromatic heterocycles. The lowest BCUT2D eigenvalue weighted by Crippen LogP contribution is -2.35. The Balaban J connectivity index is 1.62. The van der Waals surface area contributed by atoms with Gasteiger partial charge in [0.15, 0.2) is 11.7 Å². The molecular formula is C21H17BrF4N4O. The van der Waals surface area contributed by atoms with E-state index >= 15 is 0 Å². The number of carbonyl (C=O) groups excluding carboxylic acids is 1. The van der Waals surface area contributed by atoms with E-state index in [1.54, 1.807) is 30.3 Å². The zero-order valence-corrected chi connectivity index (χ0v) is 17.5. The number of aromatic nitrogens is 2. The molecule has 0 saturated heterocycles. The highest BCUT2D eigenvalue weighted by Crippen LogP contribution is 2.46. The maximum Gasteiger partial charge on any atom is 0.410 e. The summed E-state index contributed by atoms with van der Waals surface area (Å²) in [5.74, 6) is -0.955. The van der Waals surface area contributed by atoms with Gasteiger partial charge in [-0.25, -0.2) is 9.07 Å². The van der Waals surface area contributed by atoms with Gasteiger partial charge in [-0.15, -0.1) is 0 Å². The van der Waals surface area contributed by atoms with Crippen LogP contribution in [0.5, 0.6) is 0 Å². The van der Waals surface area contributed by atoms with Gasteiger partial charge in [-0.1, -0.05) is 42.5 Å². The Bertz CT molecular complexity index is 1080. The first-order valence-corrected chi connectivity index (χ1v) is 10.2. The Morgan fingerprint density at radius 3 is 2.48 bits per heavy atom. The predicted octanol–water partition coefficient (Wildman–Crippen LogP) is 5.38. The molecule has 0 bridgehead atoms. The summed E-state index contributed by atoms with van der Waals surface area (Å²) in [4.78, 5) is 12.6. The van der Waals surface area contributed by atoms with Crippen molar-refractivity contribution in [3.05, 3.63) is 81.7 Å². The first-order valence-electron chi connectivity index (χ1n) is 9.43. The van der Waals surface area contributed by atoms with Crippen molar-refractivity contribution >= 4 is 27.7 Å². The summed E-state index contributed by atoms with van der Waals surface area (Å²) in [6.45, 7) is 0.0799. The fourth-order valence-electron chi connectivity index (χ4n) is 3.51. The minimum atomic E-state index is -4.54.